The van der Waals surface area contributed by atoms with E-state index in [1.807, 2.05) is 30.3 Å². The Kier molecular flexibility index (Phi) is 6.97. The van der Waals surface area contributed by atoms with E-state index >= 15 is 0 Å². The molecule has 9 heteroatoms. The summed E-state index contributed by atoms with van der Waals surface area (Å²) in [5.41, 5.74) is 0.971. The first kappa shape index (κ1) is 19.5. The van der Waals surface area contributed by atoms with Crippen LogP contribution in [0.25, 0.3) is 0 Å². The van der Waals surface area contributed by atoms with Gasteiger partial charge >= 0.3 is 6.16 Å². The molecule has 142 valence electrons. The third-order valence-electron chi connectivity index (χ3n) is 3.77. The second kappa shape index (κ2) is 9.63. The molecule has 0 N–H and O–H groups in total. The highest BCUT2D eigenvalue weighted by atomic mass is 33.1. The molecule has 0 aliphatic carbocycles. The Morgan fingerprint density at radius 2 is 1.70 bits per heavy atom. The van der Waals surface area contributed by atoms with Crippen LogP contribution in [0.2, 0.25) is 0 Å². The number of rotatable bonds is 6. The lowest BCUT2D eigenvalue weighted by Crippen LogP contribution is -2.39. The molecule has 0 saturated carbocycles. The standard InChI is InChI=1S/C18H17NO6S2/c20-18(24-15-8-6-14(7-9-15)19(21)22)25-17-12-27-26-11-16(17)23-10-13-4-2-1-3-5-13/h1-9,16-17H,10-12H2. The van der Waals surface area contributed by atoms with E-state index in [0.29, 0.717) is 18.1 Å². The largest absolute Gasteiger partial charge is 0.514 e. The van der Waals surface area contributed by atoms with Gasteiger partial charge in [0.25, 0.3) is 5.69 Å². The summed E-state index contributed by atoms with van der Waals surface area (Å²) in [5, 5.41) is 10.7. The van der Waals surface area contributed by atoms with Crippen molar-refractivity contribution in [3.63, 3.8) is 0 Å². The lowest BCUT2D eigenvalue weighted by molar-refractivity contribution is -0.384. The Morgan fingerprint density at radius 3 is 2.37 bits per heavy atom. The topological polar surface area (TPSA) is 87.9 Å². The van der Waals surface area contributed by atoms with E-state index in [4.69, 9.17) is 14.2 Å². The fourth-order valence-electron chi connectivity index (χ4n) is 2.37. The van der Waals surface area contributed by atoms with E-state index in [0.717, 1.165) is 5.56 Å². The Balaban J connectivity index is 1.53. The van der Waals surface area contributed by atoms with E-state index in [2.05, 4.69) is 0 Å². The average molecular weight is 407 g/mol. The van der Waals surface area contributed by atoms with Gasteiger partial charge in [-0.15, -0.1) is 0 Å². The highest BCUT2D eigenvalue weighted by Crippen LogP contribution is 2.33. The summed E-state index contributed by atoms with van der Waals surface area (Å²) >= 11 is 0. The number of nitro benzene ring substituents is 1. The van der Waals surface area contributed by atoms with Gasteiger partial charge in [0.15, 0.2) is 0 Å². The fraction of sp³-hybridized carbons (Fsp3) is 0.278. The van der Waals surface area contributed by atoms with Crippen LogP contribution in [-0.4, -0.2) is 34.8 Å². The second-order valence-corrected chi connectivity index (χ2v) is 8.22. The van der Waals surface area contributed by atoms with Crippen LogP contribution in [-0.2, 0) is 16.1 Å². The van der Waals surface area contributed by atoms with Crippen molar-refractivity contribution in [3.05, 3.63) is 70.3 Å². The number of hydrogen-bond donors (Lipinski definition) is 0. The number of nitro groups is 1. The lowest BCUT2D eigenvalue weighted by atomic mass is 10.2. The molecule has 2 aromatic rings. The van der Waals surface area contributed by atoms with Crippen LogP contribution in [0, 0.1) is 10.1 Å². The van der Waals surface area contributed by atoms with Gasteiger partial charge in [-0.05, 0) is 17.7 Å². The minimum absolute atomic E-state index is 0.0780. The summed E-state index contributed by atoms with van der Waals surface area (Å²) in [6, 6.07) is 15.0. The van der Waals surface area contributed by atoms with Crippen molar-refractivity contribution >= 4 is 33.4 Å². The van der Waals surface area contributed by atoms with Gasteiger partial charge in [-0.3, -0.25) is 10.1 Å². The SMILES string of the molecule is O=C(Oc1ccc([N+](=O)[O-])cc1)OC1CSSCC1OCc1ccccc1. The minimum atomic E-state index is -0.852. The summed E-state index contributed by atoms with van der Waals surface area (Å²) in [6.45, 7) is 0.438. The highest BCUT2D eigenvalue weighted by Gasteiger charge is 2.31. The number of carbonyl (C=O) groups is 1. The maximum Gasteiger partial charge on any atom is 0.514 e. The Morgan fingerprint density at radius 1 is 1.04 bits per heavy atom. The Bertz CT molecular complexity index is 771. The molecule has 1 fully saturated rings. The molecule has 7 nitrogen and oxygen atoms in total. The van der Waals surface area contributed by atoms with Gasteiger partial charge in [0.1, 0.15) is 18.0 Å². The third-order valence-corrected chi connectivity index (χ3v) is 6.18. The first-order chi connectivity index (χ1) is 13.1. The normalized spacial score (nSPS) is 19.3. The number of nitrogens with zero attached hydrogens (tertiary/aromatic N) is 1. The van der Waals surface area contributed by atoms with Crippen LogP contribution < -0.4 is 4.74 Å². The lowest BCUT2D eigenvalue weighted by Gasteiger charge is -2.29. The van der Waals surface area contributed by atoms with Gasteiger partial charge in [0, 0.05) is 23.6 Å². The molecule has 0 aromatic heterocycles. The first-order valence-electron chi connectivity index (χ1n) is 8.14. The number of carbonyl (C=O) groups excluding carboxylic acids is 1. The molecule has 0 spiro atoms. The zero-order valence-electron chi connectivity index (χ0n) is 14.2. The van der Waals surface area contributed by atoms with E-state index < -0.39 is 17.2 Å². The molecule has 2 atom stereocenters. The van der Waals surface area contributed by atoms with Crippen LogP contribution >= 0.6 is 21.6 Å². The maximum absolute atomic E-state index is 12.1. The molecule has 0 radical (unpaired) electrons. The first-order valence-corrected chi connectivity index (χ1v) is 10.6. The summed E-state index contributed by atoms with van der Waals surface area (Å²) < 4.78 is 16.5. The number of ether oxygens (including phenoxy) is 3. The van der Waals surface area contributed by atoms with Gasteiger partial charge in [0.05, 0.1) is 11.5 Å². The summed E-state index contributed by atoms with van der Waals surface area (Å²) in [7, 11) is 3.28. The molecule has 2 aromatic carbocycles. The summed E-state index contributed by atoms with van der Waals surface area (Å²) in [6.07, 6.45) is -1.51. The van der Waals surface area contributed by atoms with Crippen LogP contribution in [0.5, 0.6) is 5.75 Å². The van der Waals surface area contributed by atoms with Crippen molar-refractivity contribution in [3.8, 4) is 5.75 Å². The second-order valence-electron chi connectivity index (χ2n) is 5.66. The van der Waals surface area contributed by atoms with Gasteiger partial charge < -0.3 is 14.2 Å². The molecule has 1 aliphatic rings. The van der Waals surface area contributed by atoms with Crippen molar-refractivity contribution in [1.82, 2.24) is 0 Å². The minimum Gasteiger partial charge on any atom is -0.427 e. The van der Waals surface area contributed by atoms with Gasteiger partial charge in [-0.1, -0.05) is 51.9 Å². The fourth-order valence-corrected chi connectivity index (χ4v) is 4.80. The quantitative estimate of drug-likeness (QED) is 0.228. The van der Waals surface area contributed by atoms with Crippen molar-refractivity contribution in [1.29, 1.82) is 0 Å². The average Bonchev–Trinajstić information content (AvgIpc) is 2.68. The van der Waals surface area contributed by atoms with Crippen molar-refractivity contribution < 1.29 is 23.9 Å². The monoisotopic (exact) mass is 407 g/mol. The number of hydrogen-bond acceptors (Lipinski definition) is 8. The smallest absolute Gasteiger partial charge is 0.427 e. The molecule has 1 saturated heterocycles. The van der Waals surface area contributed by atoms with E-state index in [1.165, 1.54) is 24.3 Å². The van der Waals surface area contributed by atoms with Gasteiger partial charge in [-0.2, -0.15) is 0 Å². The molecule has 27 heavy (non-hydrogen) atoms. The number of benzene rings is 2. The molecule has 1 aliphatic heterocycles. The van der Waals surface area contributed by atoms with Crippen molar-refractivity contribution in [2.45, 2.75) is 18.8 Å². The van der Waals surface area contributed by atoms with Gasteiger partial charge in [-0.25, -0.2) is 4.79 Å². The van der Waals surface area contributed by atoms with E-state index in [1.54, 1.807) is 21.6 Å². The summed E-state index contributed by atoms with van der Waals surface area (Å²) in [5.74, 6) is 1.48. The van der Waals surface area contributed by atoms with Crippen molar-refractivity contribution in [2.75, 3.05) is 11.5 Å². The van der Waals surface area contributed by atoms with Crippen LogP contribution in [0.15, 0.2) is 54.6 Å². The molecular weight excluding hydrogens is 390 g/mol. The molecular formula is C18H17NO6S2. The predicted octanol–water partition coefficient (Wildman–Crippen LogP) is 4.46. The zero-order valence-corrected chi connectivity index (χ0v) is 15.8. The molecule has 3 rings (SSSR count). The molecule has 0 bridgehead atoms. The number of non-ortho nitro benzene ring substituents is 1. The maximum atomic E-state index is 12.1. The van der Waals surface area contributed by atoms with Crippen molar-refractivity contribution in [2.24, 2.45) is 0 Å². The van der Waals surface area contributed by atoms with Crippen LogP contribution in [0.1, 0.15) is 5.56 Å². The predicted molar refractivity (Wildman–Crippen MR) is 104 cm³/mol. The Labute approximate surface area is 163 Å². The van der Waals surface area contributed by atoms with Crippen LogP contribution in [0.4, 0.5) is 10.5 Å². The summed E-state index contributed by atoms with van der Waals surface area (Å²) in [4.78, 5) is 22.2. The van der Waals surface area contributed by atoms with Gasteiger partial charge in [0.2, 0.25) is 0 Å². The molecule has 1 heterocycles. The van der Waals surface area contributed by atoms with Crippen LogP contribution in [0.3, 0.4) is 0 Å². The zero-order chi connectivity index (χ0) is 19.1. The Hall–Kier alpha value is -2.23. The molecule has 2 unspecified atom stereocenters. The third kappa shape index (κ3) is 5.88. The van der Waals surface area contributed by atoms with E-state index in [-0.39, 0.29) is 17.5 Å². The molecule has 0 amide bonds. The highest BCUT2D eigenvalue weighted by molar-refractivity contribution is 8.76. The van der Waals surface area contributed by atoms with E-state index in [9.17, 15) is 14.9 Å².